The van der Waals surface area contributed by atoms with Crippen LogP contribution in [0.2, 0.25) is 5.02 Å². The molecule has 1 fully saturated rings. The fourth-order valence-corrected chi connectivity index (χ4v) is 4.50. The van der Waals surface area contributed by atoms with Crippen molar-refractivity contribution in [2.24, 2.45) is 0 Å². The summed E-state index contributed by atoms with van der Waals surface area (Å²) in [5.41, 5.74) is 0.168. The molecule has 1 saturated carbocycles. The van der Waals surface area contributed by atoms with Crippen molar-refractivity contribution in [2.45, 2.75) is 37.6 Å². The summed E-state index contributed by atoms with van der Waals surface area (Å²) in [6.07, 6.45) is 1.93. The first-order chi connectivity index (χ1) is 12.2. The molecular weight excluding hydrogens is 378 g/mol. The second-order valence-corrected chi connectivity index (χ2v) is 8.55. The van der Waals surface area contributed by atoms with Gasteiger partial charge in [0.1, 0.15) is 4.90 Å². The molecule has 26 heavy (non-hydrogen) atoms. The summed E-state index contributed by atoms with van der Waals surface area (Å²) >= 11 is 6.08. The van der Waals surface area contributed by atoms with Crippen molar-refractivity contribution >= 4 is 33.4 Å². The van der Waals surface area contributed by atoms with E-state index in [1.807, 2.05) is 0 Å². The highest BCUT2D eigenvalue weighted by atomic mass is 35.5. The van der Waals surface area contributed by atoms with E-state index in [2.05, 4.69) is 5.32 Å². The third-order valence-electron chi connectivity index (χ3n) is 4.17. The molecule has 0 atom stereocenters. The molecule has 0 aliphatic heterocycles. The number of hydrogen-bond donors (Lipinski definition) is 1. The second kappa shape index (κ2) is 8.37. The Hall–Kier alpha value is -1.64. The van der Waals surface area contributed by atoms with Gasteiger partial charge in [-0.3, -0.25) is 9.59 Å². The van der Waals surface area contributed by atoms with Crippen molar-refractivity contribution in [3.8, 4) is 0 Å². The molecule has 1 aromatic carbocycles. The fraction of sp³-hybridized carbons (Fsp3) is 0.529. The number of nitrogens with zero attached hydrogens (tertiary/aromatic N) is 2. The van der Waals surface area contributed by atoms with E-state index >= 15 is 0 Å². The quantitative estimate of drug-likeness (QED) is 0.718. The number of amides is 2. The van der Waals surface area contributed by atoms with E-state index in [-0.39, 0.29) is 34.0 Å². The molecule has 7 nitrogen and oxygen atoms in total. The first kappa shape index (κ1) is 20.7. The highest BCUT2D eigenvalue weighted by molar-refractivity contribution is 7.89. The first-order valence-corrected chi connectivity index (χ1v) is 10.4. The summed E-state index contributed by atoms with van der Waals surface area (Å²) in [4.78, 5) is 25.6. The molecule has 0 aromatic heterocycles. The molecular formula is C17H24ClN3O4S. The number of carbonyl (C=O) groups is 2. The van der Waals surface area contributed by atoms with Crippen molar-refractivity contribution in [3.63, 3.8) is 0 Å². The Morgan fingerprint density at radius 1 is 1.23 bits per heavy atom. The minimum atomic E-state index is -3.79. The lowest BCUT2D eigenvalue weighted by molar-refractivity contribution is -0.121. The fourth-order valence-electron chi connectivity index (χ4n) is 2.55. The van der Waals surface area contributed by atoms with E-state index in [0.717, 1.165) is 12.8 Å². The van der Waals surface area contributed by atoms with Crippen LogP contribution >= 0.6 is 11.6 Å². The van der Waals surface area contributed by atoms with Crippen LogP contribution in [0.5, 0.6) is 0 Å². The SMILES string of the molecule is CCN(CC)S(=O)(=O)c1cc(C(=O)N(C)CC(=O)NC2CC2)ccc1Cl. The molecule has 1 aliphatic carbocycles. The minimum Gasteiger partial charge on any atom is -0.352 e. The van der Waals surface area contributed by atoms with Gasteiger partial charge in [-0.2, -0.15) is 4.31 Å². The van der Waals surface area contributed by atoms with Gasteiger partial charge in [0.25, 0.3) is 5.91 Å². The van der Waals surface area contributed by atoms with E-state index in [9.17, 15) is 18.0 Å². The summed E-state index contributed by atoms with van der Waals surface area (Å²) in [6, 6.07) is 4.34. The predicted octanol–water partition coefficient (Wildman–Crippen LogP) is 1.72. The number of hydrogen-bond acceptors (Lipinski definition) is 4. The lowest BCUT2D eigenvalue weighted by Crippen LogP contribution is -2.39. The minimum absolute atomic E-state index is 0.0579. The zero-order valence-electron chi connectivity index (χ0n) is 15.2. The van der Waals surface area contributed by atoms with Crippen LogP contribution in [0.3, 0.4) is 0 Å². The van der Waals surface area contributed by atoms with Gasteiger partial charge in [-0.1, -0.05) is 25.4 Å². The maximum atomic E-state index is 12.7. The predicted molar refractivity (Wildman–Crippen MR) is 99.7 cm³/mol. The molecule has 0 heterocycles. The number of sulfonamides is 1. The summed E-state index contributed by atoms with van der Waals surface area (Å²) < 4.78 is 26.7. The molecule has 0 saturated heterocycles. The van der Waals surface area contributed by atoms with Crippen LogP contribution in [0.25, 0.3) is 0 Å². The van der Waals surface area contributed by atoms with Crippen LogP contribution < -0.4 is 5.32 Å². The molecule has 9 heteroatoms. The van der Waals surface area contributed by atoms with E-state index < -0.39 is 15.9 Å². The summed E-state index contributed by atoms with van der Waals surface area (Å²) in [5.74, 6) is -0.670. The Morgan fingerprint density at radius 2 is 1.85 bits per heavy atom. The number of rotatable bonds is 8. The van der Waals surface area contributed by atoms with Gasteiger partial charge < -0.3 is 10.2 Å². The first-order valence-electron chi connectivity index (χ1n) is 8.55. The molecule has 1 aliphatic rings. The lowest BCUT2D eigenvalue weighted by atomic mass is 10.2. The summed E-state index contributed by atoms with van der Waals surface area (Å²) in [6.45, 7) is 3.98. The average Bonchev–Trinajstić information content (AvgIpc) is 3.39. The molecule has 144 valence electrons. The number of benzene rings is 1. The monoisotopic (exact) mass is 401 g/mol. The zero-order valence-corrected chi connectivity index (χ0v) is 16.7. The van der Waals surface area contributed by atoms with Crippen molar-refractivity contribution < 1.29 is 18.0 Å². The van der Waals surface area contributed by atoms with Gasteiger partial charge in [0.2, 0.25) is 15.9 Å². The lowest BCUT2D eigenvalue weighted by Gasteiger charge is -2.21. The van der Waals surface area contributed by atoms with Gasteiger partial charge in [0.15, 0.2) is 0 Å². The third-order valence-corrected chi connectivity index (χ3v) is 6.70. The Balaban J connectivity index is 2.21. The molecule has 1 N–H and O–H groups in total. The second-order valence-electron chi connectivity index (χ2n) is 6.24. The average molecular weight is 402 g/mol. The Bertz CT molecular complexity index is 789. The smallest absolute Gasteiger partial charge is 0.254 e. The largest absolute Gasteiger partial charge is 0.352 e. The van der Waals surface area contributed by atoms with E-state index in [0.29, 0.717) is 13.1 Å². The maximum absolute atomic E-state index is 12.7. The van der Waals surface area contributed by atoms with Crippen molar-refractivity contribution in [1.82, 2.24) is 14.5 Å². The van der Waals surface area contributed by atoms with Crippen LogP contribution in [-0.2, 0) is 14.8 Å². The number of nitrogens with one attached hydrogen (secondary N) is 1. The van der Waals surface area contributed by atoms with E-state index in [4.69, 9.17) is 11.6 Å². The van der Waals surface area contributed by atoms with Crippen LogP contribution in [0.1, 0.15) is 37.0 Å². The molecule has 0 bridgehead atoms. The standard InChI is InChI=1S/C17H24ClN3O4S/c1-4-21(5-2)26(24,25)15-10-12(6-9-14(15)18)17(23)20(3)11-16(22)19-13-7-8-13/h6,9-10,13H,4-5,7-8,11H2,1-3H3,(H,19,22). The van der Waals surface area contributed by atoms with Gasteiger partial charge in [0.05, 0.1) is 11.6 Å². The number of likely N-dealkylation sites (N-methyl/N-ethyl adjacent to an activating group) is 1. The Kier molecular flexibility index (Phi) is 6.65. The Labute approximate surface area is 159 Å². The van der Waals surface area contributed by atoms with Gasteiger partial charge in [-0.25, -0.2) is 8.42 Å². The summed E-state index contributed by atoms with van der Waals surface area (Å²) in [5, 5.41) is 2.87. The molecule has 2 rings (SSSR count). The number of carbonyl (C=O) groups excluding carboxylic acids is 2. The number of halogens is 1. The van der Waals surface area contributed by atoms with E-state index in [1.54, 1.807) is 13.8 Å². The van der Waals surface area contributed by atoms with Crippen LogP contribution in [0, 0.1) is 0 Å². The molecule has 0 unspecified atom stereocenters. The molecule has 2 amide bonds. The topological polar surface area (TPSA) is 86.8 Å². The van der Waals surface area contributed by atoms with Gasteiger partial charge >= 0.3 is 0 Å². The third kappa shape index (κ3) is 4.75. The maximum Gasteiger partial charge on any atom is 0.254 e. The molecule has 1 aromatic rings. The van der Waals surface area contributed by atoms with Gasteiger partial charge in [0, 0.05) is 31.7 Å². The van der Waals surface area contributed by atoms with E-state index in [1.165, 1.54) is 34.5 Å². The normalized spacial score (nSPS) is 14.3. The molecule has 0 radical (unpaired) electrons. The highest BCUT2D eigenvalue weighted by Crippen LogP contribution is 2.26. The van der Waals surface area contributed by atoms with Crippen molar-refractivity contribution in [3.05, 3.63) is 28.8 Å². The van der Waals surface area contributed by atoms with Crippen molar-refractivity contribution in [1.29, 1.82) is 0 Å². The molecule has 0 spiro atoms. The summed E-state index contributed by atoms with van der Waals surface area (Å²) in [7, 11) is -2.29. The highest BCUT2D eigenvalue weighted by Gasteiger charge is 2.27. The van der Waals surface area contributed by atoms with Crippen LogP contribution in [0.4, 0.5) is 0 Å². The van der Waals surface area contributed by atoms with Crippen LogP contribution in [0.15, 0.2) is 23.1 Å². The van der Waals surface area contributed by atoms with Gasteiger partial charge in [-0.15, -0.1) is 0 Å². The van der Waals surface area contributed by atoms with Crippen LogP contribution in [-0.4, -0.2) is 62.2 Å². The van der Waals surface area contributed by atoms with Crippen molar-refractivity contribution in [2.75, 3.05) is 26.7 Å². The zero-order chi connectivity index (χ0) is 19.5. The van der Waals surface area contributed by atoms with Gasteiger partial charge in [-0.05, 0) is 31.0 Å². The Morgan fingerprint density at radius 3 is 2.38 bits per heavy atom.